The van der Waals surface area contributed by atoms with Gasteiger partial charge in [0, 0.05) is 23.6 Å². The van der Waals surface area contributed by atoms with Gasteiger partial charge in [-0.1, -0.05) is 31.5 Å². The molecule has 19 heavy (non-hydrogen) atoms. The molecule has 1 atom stereocenters. The predicted molar refractivity (Wildman–Crippen MR) is 81.8 cm³/mol. The smallest absolute Gasteiger partial charge is 0.0489 e. The first kappa shape index (κ1) is 12.7. The van der Waals surface area contributed by atoms with E-state index in [9.17, 15) is 0 Å². The molecule has 0 aliphatic carbocycles. The lowest BCUT2D eigenvalue weighted by molar-refractivity contribution is 0.251. The summed E-state index contributed by atoms with van der Waals surface area (Å²) in [5.74, 6) is 0.698. The molecule has 0 bridgehead atoms. The first-order valence-electron chi connectivity index (χ1n) is 7.57. The van der Waals surface area contributed by atoms with E-state index in [2.05, 4.69) is 48.3 Å². The van der Waals surface area contributed by atoms with Crippen LogP contribution in [0.3, 0.4) is 0 Å². The number of H-pyrrole nitrogens is 1. The number of fused-ring (bicyclic) bond motifs is 1. The molecule has 3 rings (SSSR count). The Hall–Kier alpha value is -1.28. The van der Waals surface area contributed by atoms with E-state index in [0.717, 1.165) is 0 Å². The molecule has 1 unspecified atom stereocenters. The van der Waals surface area contributed by atoms with Gasteiger partial charge >= 0.3 is 0 Å². The molecule has 1 fully saturated rings. The Bertz CT molecular complexity index is 555. The molecule has 2 aromatic rings. The highest BCUT2D eigenvalue weighted by molar-refractivity contribution is 5.86. The molecule has 0 spiro atoms. The quantitative estimate of drug-likeness (QED) is 0.881. The molecule has 1 aliphatic rings. The lowest BCUT2D eigenvalue weighted by atomic mass is 9.90. The number of likely N-dealkylation sites (N-methyl/N-ethyl adjacent to an activating group) is 1. The van der Waals surface area contributed by atoms with Gasteiger partial charge in [0.1, 0.15) is 0 Å². The van der Waals surface area contributed by atoms with Crippen molar-refractivity contribution in [1.29, 1.82) is 0 Å². The number of nitrogens with zero attached hydrogens (tertiary/aromatic N) is 1. The summed E-state index contributed by atoms with van der Waals surface area (Å²) in [5.41, 5.74) is 4.36. The van der Waals surface area contributed by atoms with Gasteiger partial charge in [-0.05, 0) is 49.9 Å². The van der Waals surface area contributed by atoms with Crippen LogP contribution in [0, 0.1) is 0 Å². The molecular weight excluding hydrogens is 232 g/mol. The third-order valence-electron chi connectivity index (χ3n) is 4.42. The maximum absolute atomic E-state index is 3.54. The van der Waals surface area contributed by atoms with Gasteiger partial charge in [0.25, 0.3) is 0 Å². The minimum atomic E-state index is 0.698. The molecule has 1 saturated heterocycles. The standard InChI is InChI=1S/C17H24N2/c1-3-6-13-7-4-9-15-16(11-18-17(13)15)14-8-5-10-19(2)12-14/h4,7,9,11,14,18H,3,5-6,8,10,12H2,1-2H3. The van der Waals surface area contributed by atoms with Crippen molar-refractivity contribution in [3.63, 3.8) is 0 Å². The molecule has 0 radical (unpaired) electrons. The van der Waals surface area contributed by atoms with E-state index in [-0.39, 0.29) is 0 Å². The van der Waals surface area contributed by atoms with Crippen molar-refractivity contribution in [2.75, 3.05) is 20.1 Å². The fourth-order valence-corrected chi connectivity index (χ4v) is 3.47. The number of piperidine rings is 1. The molecule has 0 saturated carbocycles. The highest BCUT2D eigenvalue weighted by atomic mass is 15.1. The van der Waals surface area contributed by atoms with Crippen molar-refractivity contribution < 1.29 is 0 Å². The number of aromatic amines is 1. The maximum Gasteiger partial charge on any atom is 0.0489 e. The van der Waals surface area contributed by atoms with Crippen molar-refractivity contribution >= 4 is 10.9 Å². The summed E-state index contributed by atoms with van der Waals surface area (Å²) in [6.45, 7) is 4.70. The Balaban J connectivity index is 1.98. The third kappa shape index (κ3) is 2.42. The Labute approximate surface area is 115 Å². The second-order valence-corrected chi connectivity index (χ2v) is 5.94. The maximum atomic E-state index is 3.54. The predicted octanol–water partition coefficient (Wildman–Crippen LogP) is 3.93. The van der Waals surface area contributed by atoms with Crippen molar-refractivity contribution in [3.8, 4) is 0 Å². The van der Waals surface area contributed by atoms with Crippen molar-refractivity contribution in [1.82, 2.24) is 9.88 Å². The topological polar surface area (TPSA) is 19.0 Å². The van der Waals surface area contributed by atoms with E-state index in [1.54, 1.807) is 0 Å². The number of rotatable bonds is 3. The van der Waals surface area contributed by atoms with Crippen LogP contribution in [-0.2, 0) is 6.42 Å². The van der Waals surface area contributed by atoms with E-state index in [1.165, 1.54) is 60.8 Å². The Morgan fingerprint density at radius 2 is 2.26 bits per heavy atom. The van der Waals surface area contributed by atoms with Crippen molar-refractivity contribution in [2.24, 2.45) is 0 Å². The average molecular weight is 256 g/mol. The van der Waals surface area contributed by atoms with E-state index >= 15 is 0 Å². The van der Waals surface area contributed by atoms with Gasteiger partial charge in [0.05, 0.1) is 0 Å². The van der Waals surface area contributed by atoms with Crippen LogP contribution in [0.5, 0.6) is 0 Å². The van der Waals surface area contributed by atoms with Crippen molar-refractivity contribution in [3.05, 3.63) is 35.5 Å². The lowest BCUT2D eigenvalue weighted by Gasteiger charge is -2.29. The third-order valence-corrected chi connectivity index (χ3v) is 4.42. The molecular formula is C17H24N2. The minimum Gasteiger partial charge on any atom is -0.361 e. The zero-order chi connectivity index (χ0) is 13.2. The normalized spacial score (nSPS) is 21.1. The molecule has 2 heteroatoms. The van der Waals surface area contributed by atoms with Crippen LogP contribution in [0.2, 0.25) is 0 Å². The Kier molecular flexibility index (Phi) is 3.61. The number of likely N-dealkylation sites (tertiary alicyclic amines) is 1. The van der Waals surface area contributed by atoms with Crippen LogP contribution in [-0.4, -0.2) is 30.0 Å². The molecule has 102 valence electrons. The number of hydrogen-bond donors (Lipinski definition) is 1. The van der Waals surface area contributed by atoms with E-state index in [1.807, 2.05) is 0 Å². The van der Waals surface area contributed by atoms with E-state index < -0.39 is 0 Å². The monoisotopic (exact) mass is 256 g/mol. The molecule has 2 heterocycles. The van der Waals surface area contributed by atoms with Crippen LogP contribution in [0.25, 0.3) is 10.9 Å². The summed E-state index contributed by atoms with van der Waals surface area (Å²) in [4.78, 5) is 6.00. The van der Waals surface area contributed by atoms with E-state index in [4.69, 9.17) is 0 Å². The average Bonchev–Trinajstić information content (AvgIpc) is 2.84. The highest BCUT2D eigenvalue weighted by Crippen LogP contribution is 2.33. The second kappa shape index (κ2) is 5.38. The number of aromatic nitrogens is 1. The fourth-order valence-electron chi connectivity index (χ4n) is 3.47. The lowest BCUT2D eigenvalue weighted by Crippen LogP contribution is -2.30. The number of hydrogen-bond acceptors (Lipinski definition) is 1. The fraction of sp³-hybridized carbons (Fsp3) is 0.529. The molecule has 1 aromatic carbocycles. The molecule has 2 nitrogen and oxygen atoms in total. The molecule has 1 aromatic heterocycles. The van der Waals surface area contributed by atoms with Gasteiger partial charge < -0.3 is 9.88 Å². The highest BCUT2D eigenvalue weighted by Gasteiger charge is 2.21. The number of benzene rings is 1. The van der Waals surface area contributed by atoms with Crippen LogP contribution in [0.15, 0.2) is 24.4 Å². The summed E-state index contributed by atoms with van der Waals surface area (Å²) >= 11 is 0. The van der Waals surface area contributed by atoms with Crippen LogP contribution < -0.4 is 0 Å². The van der Waals surface area contributed by atoms with Crippen LogP contribution in [0.4, 0.5) is 0 Å². The number of nitrogens with one attached hydrogen (secondary N) is 1. The Morgan fingerprint density at radius 1 is 1.37 bits per heavy atom. The summed E-state index contributed by atoms with van der Waals surface area (Å²) < 4.78 is 0. The Morgan fingerprint density at radius 3 is 3.05 bits per heavy atom. The summed E-state index contributed by atoms with van der Waals surface area (Å²) in [7, 11) is 2.24. The van der Waals surface area contributed by atoms with Gasteiger partial charge in [0.15, 0.2) is 0 Å². The van der Waals surface area contributed by atoms with Gasteiger partial charge in [-0.2, -0.15) is 0 Å². The van der Waals surface area contributed by atoms with Gasteiger partial charge in [-0.3, -0.25) is 0 Å². The summed E-state index contributed by atoms with van der Waals surface area (Å²) in [5, 5.41) is 1.45. The number of para-hydroxylation sites is 1. The molecule has 1 N–H and O–H groups in total. The zero-order valence-electron chi connectivity index (χ0n) is 12.1. The number of aryl methyl sites for hydroxylation is 1. The van der Waals surface area contributed by atoms with Gasteiger partial charge in [0.2, 0.25) is 0 Å². The van der Waals surface area contributed by atoms with Crippen LogP contribution >= 0.6 is 0 Å². The zero-order valence-corrected chi connectivity index (χ0v) is 12.1. The molecule has 1 aliphatic heterocycles. The second-order valence-electron chi connectivity index (χ2n) is 5.94. The van der Waals surface area contributed by atoms with E-state index in [0.29, 0.717) is 5.92 Å². The summed E-state index contributed by atoms with van der Waals surface area (Å²) in [6, 6.07) is 6.77. The minimum absolute atomic E-state index is 0.698. The van der Waals surface area contributed by atoms with Crippen LogP contribution in [0.1, 0.15) is 43.2 Å². The SMILES string of the molecule is CCCc1cccc2c(C3CCCN(C)C3)c[nH]c12. The first-order chi connectivity index (χ1) is 9.29. The molecule has 0 amide bonds. The first-order valence-corrected chi connectivity index (χ1v) is 7.57. The summed E-state index contributed by atoms with van der Waals surface area (Å²) in [6.07, 6.45) is 7.28. The van der Waals surface area contributed by atoms with Gasteiger partial charge in [-0.25, -0.2) is 0 Å². The van der Waals surface area contributed by atoms with Crippen molar-refractivity contribution in [2.45, 2.75) is 38.5 Å². The largest absolute Gasteiger partial charge is 0.361 e. The van der Waals surface area contributed by atoms with Gasteiger partial charge in [-0.15, -0.1) is 0 Å².